The average Bonchev–Trinajstić information content (AvgIpc) is 2.63. The van der Waals surface area contributed by atoms with Crippen molar-refractivity contribution in [1.29, 1.82) is 0 Å². The smallest absolute Gasteiger partial charge is 0.317 e. The molecule has 0 rings (SSSR count). The molecule has 1 unspecified atom stereocenters. The van der Waals surface area contributed by atoms with Crippen LogP contribution < -0.4 is 0 Å². The summed E-state index contributed by atoms with van der Waals surface area (Å²) in [7, 11) is 0. The van der Waals surface area contributed by atoms with Crippen LogP contribution in [0, 0.1) is 11.8 Å². The van der Waals surface area contributed by atoms with Crippen LogP contribution in [-0.4, -0.2) is 45.2 Å². The Bertz CT molecular complexity index is 360. The zero-order valence-electron chi connectivity index (χ0n) is 17.9. The lowest BCUT2D eigenvalue weighted by Crippen LogP contribution is -2.26. The topological polar surface area (TPSA) is 74.6 Å². The van der Waals surface area contributed by atoms with Gasteiger partial charge in [-0.05, 0) is 12.3 Å². The minimum absolute atomic E-state index is 0. The molecule has 0 saturated heterocycles. The minimum atomic E-state index is -1.25. The predicted octanol–water partition coefficient (Wildman–Crippen LogP) is 6.14. The Balaban J connectivity index is 0. The summed E-state index contributed by atoms with van der Waals surface area (Å²) < 4.78 is 0. The summed E-state index contributed by atoms with van der Waals surface area (Å²) in [5.74, 6) is -3.40. The van der Waals surface area contributed by atoms with Gasteiger partial charge in [-0.25, -0.2) is 0 Å². The van der Waals surface area contributed by atoms with Gasteiger partial charge in [-0.3, -0.25) is 9.59 Å². The normalized spacial score (nSPS) is 12.0. The number of carbonyl (C=O) groups is 2. The van der Waals surface area contributed by atoms with Crippen molar-refractivity contribution in [3.8, 4) is 0 Å². The molecular weight excluding hydrogens is 365 g/mol. The van der Waals surface area contributed by atoms with Crippen molar-refractivity contribution in [2.45, 2.75) is 123 Å². The van der Waals surface area contributed by atoms with E-state index >= 15 is 0 Å². The van der Waals surface area contributed by atoms with Crippen LogP contribution in [0.2, 0.25) is 0 Å². The maximum Gasteiger partial charge on any atom is 0.317 e. The first kappa shape index (κ1) is 29.9. The van der Waals surface area contributed by atoms with Gasteiger partial charge in [0, 0.05) is 0 Å². The highest BCUT2D eigenvalue weighted by molar-refractivity contribution is 5.92. The van der Waals surface area contributed by atoms with E-state index in [2.05, 4.69) is 13.8 Å². The first-order chi connectivity index (χ1) is 13.0. The Kier molecular flexibility index (Phi) is 22.9. The Hall–Kier alpha value is -0.294. The van der Waals surface area contributed by atoms with E-state index in [1.54, 1.807) is 0 Å². The van der Waals surface area contributed by atoms with Crippen molar-refractivity contribution in [2.24, 2.45) is 11.8 Å². The van der Waals surface area contributed by atoms with Gasteiger partial charge in [0.25, 0.3) is 0 Å². The third-order valence-corrected chi connectivity index (χ3v) is 5.60. The summed E-state index contributed by atoms with van der Waals surface area (Å²) in [6.45, 7) is 4.42. The van der Waals surface area contributed by atoms with Gasteiger partial charge < -0.3 is 10.2 Å². The number of unbranched alkanes of at least 4 members (excludes halogenated alkanes) is 12. The Morgan fingerprint density at radius 2 is 0.929 bits per heavy atom. The number of rotatable bonds is 20. The van der Waals surface area contributed by atoms with E-state index in [9.17, 15) is 9.59 Å². The fourth-order valence-electron chi connectivity index (χ4n) is 3.80. The summed E-state index contributed by atoms with van der Waals surface area (Å²) in [5, 5.41) is 18.3. The molecule has 0 aliphatic carbocycles. The third-order valence-electron chi connectivity index (χ3n) is 5.60. The monoisotopic (exact) mass is 410 g/mol. The fourth-order valence-corrected chi connectivity index (χ4v) is 3.80. The molecule has 0 spiro atoms. The molecule has 0 aromatic heterocycles. The van der Waals surface area contributed by atoms with Gasteiger partial charge in [-0.2, -0.15) is 0 Å². The standard InChI is InChI=1S/C23H44O4.Mg.2H/c1-3-5-7-9-10-11-12-13-14-16-18-20(17-15-8-6-4-2)19-21(22(24)25)23(26)27;;;/h20-21H,3-19H2,1-2H3,(H,24,25)(H,26,27);;;. The van der Waals surface area contributed by atoms with Gasteiger partial charge in [-0.1, -0.05) is 117 Å². The molecular formula is C23H46MgO4. The maximum atomic E-state index is 11.2. The van der Waals surface area contributed by atoms with Crippen LogP contribution in [0.1, 0.15) is 123 Å². The van der Waals surface area contributed by atoms with Gasteiger partial charge in [0.15, 0.2) is 5.92 Å². The zero-order valence-corrected chi connectivity index (χ0v) is 17.9. The molecule has 0 radical (unpaired) electrons. The molecule has 0 amide bonds. The van der Waals surface area contributed by atoms with Crippen molar-refractivity contribution in [1.82, 2.24) is 0 Å². The molecule has 28 heavy (non-hydrogen) atoms. The number of carboxylic acids is 2. The van der Waals surface area contributed by atoms with E-state index in [0.29, 0.717) is 0 Å². The van der Waals surface area contributed by atoms with Crippen LogP contribution in [0.15, 0.2) is 0 Å². The highest BCUT2D eigenvalue weighted by Crippen LogP contribution is 2.26. The molecule has 2 N–H and O–H groups in total. The van der Waals surface area contributed by atoms with E-state index in [0.717, 1.165) is 32.1 Å². The first-order valence-corrected chi connectivity index (χ1v) is 11.5. The molecule has 0 aliphatic rings. The summed E-state index contributed by atoms with van der Waals surface area (Å²) >= 11 is 0. The largest absolute Gasteiger partial charge is 0.481 e. The van der Waals surface area contributed by atoms with Crippen molar-refractivity contribution in [3.63, 3.8) is 0 Å². The molecule has 0 saturated carbocycles. The number of hydrogen-bond acceptors (Lipinski definition) is 2. The molecule has 0 aromatic carbocycles. The van der Waals surface area contributed by atoms with Crippen LogP contribution in [0.25, 0.3) is 0 Å². The predicted molar refractivity (Wildman–Crippen MR) is 121 cm³/mol. The third kappa shape index (κ3) is 17.8. The molecule has 0 aliphatic heterocycles. The van der Waals surface area contributed by atoms with Gasteiger partial charge in [0.1, 0.15) is 0 Å². The second-order valence-electron chi connectivity index (χ2n) is 8.15. The fraction of sp³-hybridized carbons (Fsp3) is 0.913. The van der Waals surface area contributed by atoms with E-state index in [4.69, 9.17) is 10.2 Å². The minimum Gasteiger partial charge on any atom is -0.481 e. The van der Waals surface area contributed by atoms with Gasteiger partial charge >= 0.3 is 35.0 Å². The highest BCUT2D eigenvalue weighted by atomic mass is 24.3. The SMILES string of the molecule is CCCCCCCCCCCCC(CCCCCC)CC(C(=O)O)C(=O)O.[MgH2]. The van der Waals surface area contributed by atoms with Crippen molar-refractivity contribution < 1.29 is 19.8 Å². The summed E-state index contributed by atoms with van der Waals surface area (Å²) in [5.41, 5.74) is 0. The highest BCUT2D eigenvalue weighted by Gasteiger charge is 2.28. The molecule has 164 valence electrons. The van der Waals surface area contributed by atoms with Crippen molar-refractivity contribution in [2.75, 3.05) is 0 Å². The average molecular weight is 411 g/mol. The van der Waals surface area contributed by atoms with Crippen LogP contribution in [0.5, 0.6) is 0 Å². The van der Waals surface area contributed by atoms with Crippen molar-refractivity contribution >= 4 is 35.0 Å². The lowest BCUT2D eigenvalue weighted by molar-refractivity contribution is -0.155. The van der Waals surface area contributed by atoms with Gasteiger partial charge in [-0.15, -0.1) is 0 Å². The van der Waals surface area contributed by atoms with E-state index < -0.39 is 17.9 Å². The van der Waals surface area contributed by atoms with E-state index in [1.165, 1.54) is 70.6 Å². The summed E-state index contributed by atoms with van der Waals surface area (Å²) in [6, 6.07) is 0. The quantitative estimate of drug-likeness (QED) is 0.143. The second kappa shape index (κ2) is 21.4. The van der Waals surface area contributed by atoms with Crippen LogP contribution in [-0.2, 0) is 9.59 Å². The lowest BCUT2D eigenvalue weighted by Gasteiger charge is -2.19. The Morgan fingerprint density at radius 1 is 0.607 bits per heavy atom. The number of hydrogen-bond donors (Lipinski definition) is 2. The maximum absolute atomic E-state index is 11.2. The van der Waals surface area contributed by atoms with E-state index in [1.807, 2.05) is 0 Å². The van der Waals surface area contributed by atoms with Crippen LogP contribution in [0.4, 0.5) is 0 Å². The molecule has 4 nitrogen and oxygen atoms in total. The Morgan fingerprint density at radius 3 is 1.29 bits per heavy atom. The van der Waals surface area contributed by atoms with Crippen LogP contribution in [0.3, 0.4) is 0 Å². The summed E-state index contributed by atoms with van der Waals surface area (Å²) in [6.07, 6.45) is 19.7. The first-order valence-electron chi connectivity index (χ1n) is 11.5. The molecule has 0 aromatic rings. The van der Waals surface area contributed by atoms with Crippen molar-refractivity contribution in [3.05, 3.63) is 0 Å². The van der Waals surface area contributed by atoms with Gasteiger partial charge in [0.2, 0.25) is 0 Å². The van der Waals surface area contributed by atoms with Gasteiger partial charge in [0.05, 0.1) is 0 Å². The molecule has 5 heteroatoms. The van der Waals surface area contributed by atoms with Crippen LogP contribution >= 0.6 is 0 Å². The number of carboxylic acid groups (broad SMARTS) is 2. The number of aliphatic carboxylic acids is 2. The molecule has 1 atom stereocenters. The lowest BCUT2D eigenvalue weighted by atomic mass is 9.86. The molecule has 0 fully saturated rings. The summed E-state index contributed by atoms with van der Waals surface area (Å²) in [4.78, 5) is 22.4. The zero-order chi connectivity index (χ0) is 20.3. The Labute approximate surface area is 189 Å². The van der Waals surface area contributed by atoms with E-state index in [-0.39, 0.29) is 35.4 Å². The second-order valence-corrected chi connectivity index (χ2v) is 8.15. The molecule has 0 heterocycles. The molecule has 0 bridgehead atoms.